The molecule has 4 nitrogen and oxygen atoms in total. The minimum atomic E-state index is -0.362. The normalized spacial score (nSPS) is 16.7. The van der Waals surface area contributed by atoms with Crippen LogP contribution in [-0.4, -0.2) is 17.6 Å². The lowest BCUT2D eigenvalue weighted by Crippen LogP contribution is -2.42. The highest BCUT2D eigenvalue weighted by molar-refractivity contribution is 8.00. The Morgan fingerprint density at radius 1 is 1.24 bits per heavy atom. The molecule has 1 aromatic rings. The number of hydrogen-bond acceptors (Lipinski definition) is 3. The van der Waals surface area contributed by atoms with Gasteiger partial charge in [0.2, 0.25) is 11.8 Å². The molecule has 0 bridgehead atoms. The molecule has 0 aliphatic heterocycles. The van der Waals surface area contributed by atoms with Crippen LogP contribution in [0.25, 0.3) is 0 Å². The molecule has 112 valence electrons. The average molecular weight is 308 g/mol. The van der Waals surface area contributed by atoms with E-state index < -0.39 is 0 Å². The molecule has 0 radical (unpaired) electrons. The molecule has 0 aromatic heterocycles. The molecule has 1 aliphatic carbocycles. The van der Waals surface area contributed by atoms with Gasteiger partial charge in [0.25, 0.3) is 0 Å². The molecule has 1 aromatic carbocycles. The average Bonchev–Trinajstić information content (AvgIpc) is 2.97. The van der Waals surface area contributed by atoms with Crippen LogP contribution in [-0.2, 0) is 9.59 Å². The third-order valence-electron chi connectivity index (χ3n) is 3.10. The van der Waals surface area contributed by atoms with Crippen molar-refractivity contribution in [3.63, 3.8) is 0 Å². The van der Waals surface area contributed by atoms with Gasteiger partial charge in [0, 0.05) is 11.3 Å². The van der Waals surface area contributed by atoms with Crippen LogP contribution in [0.2, 0.25) is 0 Å². The quantitative estimate of drug-likeness (QED) is 0.499. The van der Waals surface area contributed by atoms with Gasteiger partial charge in [-0.25, -0.2) is 4.39 Å². The van der Waals surface area contributed by atoms with Crippen LogP contribution in [0.3, 0.4) is 0 Å². The van der Waals surface area contributed by atoms with Crippen LogP contribution in [0, 0.1) is 11.7 Å². The van der Waals surface area contributed by atoms with Gasteiger partial charge in [0.1, 0.15) is 5.82 Å². The molecular formula is C15H17FN2O2S. The van der Waals surface area contributed by atoms with Crippen LogP contribution in [0.15, 0.2) is 41.3 Å². The van der Waals surface area contributed by atoms with Gasteiger partial charge >= 0.3 is 0 Å². The molecule has 0 unspecified atom stereocenters. The van der Waals surface area contributed by atoms with Gasteiger partial charge in [-0.05, 0) is 30.9 Å². The standard InChI is InChI=1S/C15H17FN2O2S/c16-12-7-3-4-8-13(12)21-10-15(20)18-17-14(19)9-11-5-1-2-6-11/h1,3-5,7-8,11H,2,6,9-10H2,(H,17,19)(H,18,20)/t11-/m1/s1. The van der Waals surface area contributed by atoms with E-state index in [0.29, 0.717) is 11.3 Å². The van der Waals surface area contributed by atoms with E-state index in [4.69, 9.17) is 0 Å². The summed E-state index contributed by atoms with van der Waals surface area (Å²) in [6.07, 6.45) is 6.43. The Morgan fingerprint density at radius 3 is 2.71 bits per heavy atom. The number of rotatable bonds is 5. The van der Waals surface area contributed by atoms with Crippen molar-refractivity contribution in [2.45, 2.75) is 24.2 Å². The molecule has 0 fully saturated rings. The summed E-state index contributed by atoms with van der Waals surface area (Å²) in [6, 6.07) is 6.26. The SMILES string of the molecule is O=C(CSc1ccccc1F)NNC(=O)C[C@@H]1C=CCC1. The van der Waals surface area contributed by atoms with Gasteiger partial charge in [0.05, 0.1) is 5.75 Å². The monoisotopic (exact) mass is 308 g/mol. The van der Waals surface area contributed by atoms with Gasteiger partial charge in [0.15, 0.2) is 0 Å². The smallest absolute Gasteiger partial charge is 0.248 e. The number of carbonyl (C=O) groups excluding carboxylic acids is 2. The third kappa shape index (κ3) is 5.23. The van der Waals surface area contributed by atoms with E-state index in [1.807, 2.05) is 6.08 Å². The summed E-state index contributed by atoms with van der Waals surface area (Å²) in [7, 11) is 0. The predicted octanol–water partition coefficient (Wildman–Crippen LogP) is 2.42. The van der Waals surface area contributed by atoms with Crippen molar-refractivity contribution < 1.29 is 14.0 Å². The number of nitrogens with one attached hydrogen (secondary N) is 2. The molecule has 0 saturated heterocycles. The maximum Gasteiger partial charge on any atom is 0.248 e. The van der Waals surface area contributed by atoms with E-state index in [-0.39, 0.29) is 29.3 Å². The van der Waals surface area contributed by atoms with Crippen LogP contribution in [0.5, 0.6) is 0 Å². The van der Waals surface area contributed by atoms with Gasteiger partial charge in [-0.1, -0.05) is 24.3 Å². The van der Waals surface area contributed by atoms with E-state index in [9.17, 15) is 14.0 Å². The molecule has 2 N–H and O–H groups in total. The number of allylic oxidation sites excluding steroid dienone is 2. The molecule has 21 heavy (non-hydrogen) atoms. The molecule has 0 saturated carbocycles. The molecule has 6 heteroatoms. The molecule has 2 rings (SSSR count). The van der Waals surface area contributed by atoms with Crippen molar-refractivity contribution in [3.8, 4) is 0 Å². The fourth-order valence-electron chi connectivity index (χ4n) is 2.04. The largest absolute Gasteiger partial charge is 0.273 e. The van der Waals surface area contributed by atoms with Gasteiger partial charge in [-0.3, -0.25) is 20.4 Å². The summed E-state index contributed by atoms with van der Waals surface area (Å²) in [5, 5.41) is 0. The van der Waals surface area contributed by atoms with E-state index >= 15 is 0 Å². The first kappa shape index (κ1) is 15.6. The fourth-order valence-corrected chi connectivity index (χ4v) is 2.77. The van der Waals surface area contributed by atoms with E-state index in [1.54, 1.807) is 18.2 Å². The first-order chi connectivity index (χ1) is 10.1. The lowest BCUT2D eigenvalue weighted by molar-refractivity contribution is -0.128. The zero-order chi connectivity index (χ0) is 15.1. The van der Waals surface area contributed by atoms with Crippen LogP contribution < -0.4 is 10.9 Å². The number of carbonyl (C=O) groups is 2. The topological polar surface area (TPSA) is 58.2 Å². The van der Waals surface area contributed by atoms with Gasteiger partial charge in [-0.15, -0.1) is 11.8 Å². The minimum Gasteiger partial charge on any atom is -0.273 e. The van der Waals surface area contributed by atoms with Crippen molar-refractivity contribution in [1.82, 2.24) is 10.9 Å². The third-order valence-corrected chi connectivity index (χ3v) is 4.15. The highest BCUT2D eigenvalue weighted by atomic mass is 32.2. The summed E-state index contributed by atoms with van der Waals surface area (Å²) >= 11 is 1.09. The zero-order valence-electron chi connectivity index (χ0n) is 11.5. The van der Waals surface area contributed by atoms with Crippen molar-refractivity contribution in [1.29, 1.82) is 0 Å². The molecule has 1 aliphatic rings. The number of hydrazine groups is 1. The summed E-state index contributed by atoms with van der Waals surface area (Å²) in [5.74, 6) is -0.624. The summed E-state index contributed by atoms with van der Waals surface area (Å²) in [5.41, 5.74) is 4.72. The lowest BCUT2D eigenvalue weighted by Gasteiger charge is -2.10. The molecule has 0 heterocycles. The predicted molar refractivity (Wildman–Crippen MR) is 79.9 cm³/mol. The van der Waals surface area contributed by atoms with Crippen molar-refractivity contribution in [2.24, 2.45) is 5.92 Å². The minimum absolute atomic E-state index is 0.0462. The Kier molecular flexibility index (Phi) is 5.80. The first-order valence-corrected chi connectivity index (χ1v) is 7.75. The highest BCUT2D eigenvalue weighted by Crippen LogP contribution is 2.21. The first-order valence-electron chi connectivity index (χ1n) is 6.77. The summed E-state index contributed by atoms with van der Waals surface area (Å²) in [4.78, 5) is 23.6. The van der Waals surface area contributed by atoms with Crippen LogP contribution >= 0.6 is 11.8 Å². The molecular weight excluding hydrogens is 291 g/mol. The van der Waals surface area contributed by atoms with E-state index in [0.717, 1.165) is 24.6 Å². The van der Waals surface area contributed by atoms with Crippen molar-refractivity contribution in [2.75, 3.05) is 5.75 Å². The Labute approximate surface area is 127 Å². The second-order valence-electron chi connectivity index (χ2n) is 4.79. The maximum absolute atomic E-state index is 13.4. The number of amides is 2. The Balaban J connectivity index is 1.66. The fraction of sp³-hybridized carbons (Fsp3) is 0.333. The van der Waals surface area contributed by atoms with Crippen molar-refractivity contribution in [3.05, 3.63) is 42.2 Å². The van der Waals surface area contributed by atoms with Crippen LogP contribution in [0.1, 0.15) is 19.3 Å². The number of halogens is 1. The number of hydrogen-bond donors (Lipinski definition) is 2. The van der Waals surface area contributed by atoms with Gasteiger partial charge in [-0.2, -0.15) is 0 Å². The maximum atomic E-state index is 13.4. The second kappa shape index (κ2) is 7.83. The van der Waals surface area contributed by atoms with E-state index in [1.165, 1.54) is 6.07 Å². The summed E-state index contributed by atoms with van der Waals surface area (Å²) < 4.78 is 13.4. The second-order valence-corrected chi connectivity index (χ2v) is 5.80. The molecule has 0 spiro atoms. The highest BCUT2D eigenvalue weighted by Gasteiger charge is 2.14. The van der Waals surface area contributed by atoms with Crippen molar-refractivity contribution >= 4 is 23.6 Å². The van der Waals surface area contributed by atoms with E-state index in [2.05, 4.69) is 16.9 Å². The lowest BCUT2D eigenvalue weighted by atomic mass is 10.1. The van der Waals surface area contributed by atoms with Crippen LogP contribution in [0.4, 0.5) is 4.39 Å². The summed E-state index contributed by atoms with van der Waals surface area (Å²) in [6.45, 7) is 0. The Morgan fingerprint density at radius 2 is 2.00 bits per heavy atom. The Bertz CT molecular complexity index is 548. The van der Waals surface area contributed by atoms with Gasteiger partial charge < -0.3 is 0 Å². The Hall–Kier alpha value is -1.82. The molecule has 1 atom stereocenters. The number of benzene rings is 1. The zero-order valence-corrected chi connectivity index (χ0v) is 12.3. The number of thioether (sulfide) groups is 1. The molecule has 2 amide bonds.